The minimum absolute atomic E-state index is 0.00361. The molecule has 74 valence electrons. The molecular weight excluding hydrogens is 194 g/mol. The van der Waals surface area contributed by atoms with Crippen LogP contribution in [-0.2, 0) is 0 Å². The molecule has 1 aromatic rings. The Labute approximate surface area is 82.5 Å². The van der Waals surface area contributed by atoms with E-state index in [2.05, 4.69) is 0 Å². The number of hydrogen-bond acceptors (Lipinski definition) is 0. The van der Waals surface area contributed by atoms with E-state index >= 15 is 0 Å². The molecule has 0 radical (unpaired) electrons. The Morgan fingerprint density at radius 3 is 1.92 bits per heavy atom. The SMILES string of the molecule is CC.Cc1c(F)cc(F)c(Cl)c1C. The summed E-state index contributed by atoms with van der Waals surface area (Å²) < 4.78 is 25.4. The predicted molar refractivity (Wildman–Crippen MR) is 52.2 cm³/mol. The summed E-state index contributed by atoms with van der Waals surface area (Å²) in [5.41, 5.74) is 0.862. The van der Waals surface area contributed by atoms with Crippen LogP contribution in [0.5, 0.6) is 0 Å². The summed E-state index contributed by atoms with van der Waals surface area (Å²) >= 11 is 5.51. The van der Waals surface area contributed by atoms with Gasteiger partial charge in [0.25, 0.3) is 0 Å². The molecule has 1 aromatic carbocycles. The maximum Gasteiger partial charge on any atom is 0.144 e. The maximum atomic E-state index is 12.7. The summed E-state index contributed by atoms with van der Waals surface area (Å²) in [6.07, 6.45) is 0. The summed E-state index contributed by atoms with van der Waals surface area (Å²) in [7, 11) is 0. The van der Waals surface area contributed by atoms with Gasteiger partial charge in [0.05, 0.1) is 5.02 Å². The minimum atomic E-state index is -0.702. The number of halogens is 3. The summed E-state index contributed by atoms with van der Waals surface area (Å²) in [6.45, 7) is 7.15. The van der Waals surface area contributed by atoms with E-state index in [9.17, 15) is 8.78 Å². The minimum Gasteiger partial charge on any atom is -0.207 e. The number of benzene rings is 1. The Morgan fingerprint density at radius 1 is 1.00 bits per heavy atom. The van der Waals surface area contributed by atoms with Crippen molar-refractivity contribution in [2.75, 3.05) is 0 Å². The second-order valence-corrected chi connectivity index (χ2v) is 2.78. The summed E-state index contributed by atoms with van der Waals surface area (Å²) in [4.78, 5) is 0. The van der Waals surface area contributed by atoms with Crippen molar-refractivity contribution >= 4 is 11.6 Å². The fraction of sp³-hybridized carbons (Fsp3) is 0.400. The van der Waals surface area contributed by atoms with Crippen LogP contribution in [0.25, 0.3) is 0 Å². The van der Waals surface area contributed by atoms with Crippen molar-refractivity contribution < 1.29 is 8.78 Å². The molecule has 0 nitrogen and oxygen atoms in total. The van der Waals surface area contributed by atoms with Crippen LogP contribution in [0.2, 0.25) is 5.02 Å². The highest BCUT2D eigenvalue weighted by atomic mass is 35.5. The molecule has 0 atom stereocenters. The van der Waals surface area contributed by atoms with Crippen molar-refractivity contribution in [1.29, 1.82) is 0 Å². The van der Waals surface area contributed by atoms with Gasteiger partial charge in [-0.2, -0.15) is 0 Å². The Hall–Kier alpha value is -0.630. The van der Waals surface area contributed by atoms with Gasteiger partial charge in [0, 0.05) is 6.07 Å². The Balaban J connectivity index is 0.000000671. The van der Waals surface area contributed by atoms with Crippen molar-refractivity contribution in [1.82, 2.24) is 0 Å². The first-order valence-electron chi connectivity index (χ1n) is 4.14. The van der Waals surface area contributed by atoms with Crippen LogP contribution in [0.4, 0.5) is 8.78 Å². The molecule has 0 fully saturated rings. The summed E-state index contributed by atoms with van der Waals surface area (Å²) in [6, 6.07) is 0.796. The van der Waals surface area contributed by atoms with E-state index in [0.717, 1.165) is 6.07 Å². The normalized spacial score (nSPS) is 9.15. The van der Waals surface area contributed by atoms with Crippen molar-refractivity contribution in [3.63, 3.8) is 0 Å². The van der Waals surface area contributed by atoms with Crippen molar-refractivity contribution in [3.8, 4) is 0 Å². The van der Waals surface area contributed by atoms with Crippen LogP contribution in [0.1, 0.15) is 25.0 Å². The highest BCUT2D eigenvalue weighted by Gasteiger charge is 2.09. The molecule has 0 saturated heterocycles. The van der Waals surface area contributed by atoms with E-state index in [1.807, 2.05) is 13.8 Å². The molecular formula is C10H13ClF2. The van der Waals surface area contributed by atoms with E-state index < -0.39 is 11.6 Å². The number of hydrogen-bond donors (Lipinski definition) is 0. The van der Waals surface area contributed by atoms with Crippen LogP contribution >= 0.6 is 11.6 Å². The molecule has 0 aliphatic carbocycles. The molecule has 0 heterocycles. The Bertz CT molecular complexity index is 269. The molecule has 0 saturated carbocycles. The quantitative estimate of drug-likeness (QED) is 0.557. The lowest BCUT2D eigenvalue weighted by molar-refractivity contribution is 0.575. The summed E-state index contributed by atoms with van der Waals surface area (Å²) in [5.74, 6) is -1.25. The first-order valence-corrected chi connectivity index (χ1v) is 4.52. The van der Waals surface area contributed by atoms with Gasteiger partial charge in [-0.05, 0) is 25.0 Å². The smallest absolute Gasteiger partial charge is 0.144 e. The van der Waals surface area contributed by atoms with Crippen molar-refractivity contribution in [2.45, 2.75) is 27.7 Å². The van der Waals surface area contributed by atoms with E-state index in [1.54, 1.807) is 13.8 Å². The van der Waals surface area contributed by atoms with E-state index in [4.69, 9.17) is 11.6 Å². The van der Waals surface area contributed by atoms with E-state index in [-0.39, 0.29) is 5.02 Å². The molecule has 0 aromatic heterocycles. The topological polar surface area (TPSA) is 0 Å². The second kappa shape index (κ2) is 5.18. The Morgan fingerprint density at radius 2 is 1.46 bits per heavy atom. The lowest BCUT2D eigenvalue weighted by atomic mass is 10.1. The molecule has 0 aliphatic heterocycles. The lowest BCUT2D eigenvalue weighted by Gasteiger charge is -2.04. The van der Waals surface area contributed by atoms with Crippen LogP contribution in [0.3, 0.4) is 0 Å². The first kappa shape index (κ1) is 12.4. The molecule has 0 N–H and O–H groups in total. The first-order chi connectivity index (χ1) is 6.04. The van der Waals surface area contributed by atoms with Gasteiger partial charge < -0.3 is 0 Å². The molecule has 0 bridgehead atoms. The third-order valence-corrected chi connectivity index (χ3v) is 2.18. The average Bonchev–Trinajstić information content (AvgIpc) is 2.15. The fourth-order valence-corrected chi connectivity index (χ4v) is 1.00. The highest BCUT2D eigenvalue weighted by molar-refractivity contribution is 6.31. The summed E-state index contributed by atoms with van der Waals surface area (Å²) in [5, 5.41) is 0.00361. The molecule has 0 amide bonds. The maximum absolute atomic E-state index is 12.7. The van der Waals surface area contributed by atoms with Gasteiger partial charge in [0.15, 0.2) is 0 Å². The van der Waals surface area contributed by atoms with Gasteiger partial charge in [0.2, 0.25) is 0 Å². The van der Waals surface area contributed by atoms with Gasteiger partial charge in [-0.1, -0.05) is 25.4 Å². The van der Waals surface area contributed by atoms with Crippen LogP contribution in [0.15, 0.2) is 6.07 Å². The zero-order chi connectivity index (χ0) is 10.6. The molecule has 0 aliphatic rings. The molecule has 1 rings (SSSR count). The Kier molecular flexibility index (Phi) is 4.92. The standard InChI is InChI=1S/C8H7ClF2.C2H6/c1-4-5(2)8(9)7(11)3-6(4)10;1-2/h3H,1-2H3;1-2H3. The van der Waals surface area contributed by atoms with E-state index in [1.165, 1.54) is 0 Å². The van der Waals surface area contributed by atoms with Crippen LogP contribution in [0, 0.1) is 25.5 Å². The molecule has 3 heteroatoms. The number of rotatable bonds is 0. The molecule has 13 heavy (non-hydrogen) atoms. The van der Waals surface area contributed by atoms with Gasteiger partial charge >= 0.3 is 0 Å². The van der Waals surface area contributed by atoms with Gasteiger partial charge in [-0.3, -0.25) is 0 Å². The fourth-order valence-electron chi connectivity index (χ4n) is 0.806. The van der Waals surface area contributed by atoms with Gasteiger partial charge in [0.1, 0.15) is 11.6 Å². The second-order valence-electron chi connectivity index (χ2n) is 2.40. The van der Waals surface area contributed by atoms with Crippen LogP contribution in [-0.4, -0.2) is 0 Å². The van der Waals surface area contributed by atoms with E-state index in [0.29, 0.717) is 11.1 Å². The molecule has 0 spiro atoms. The zero-order valence-electron chi connectivity index (χ0n) is 8.21. The van der Waals surface area contributed by atoms with Gasteiger partial charge in [-0.25, -0.2) is 8.78 Å². The highest BCUT2D eigenvalue weighted by Crippen LogP contribution is 2.24. The average molecular weight is 207 g/mol. The lowest BCUT2D eigenvalue weighted by Crippen LogP contribution is -1.91. The largest absolute Gasteiger partial charge is 0.207 e. The van der Waals surface area contributed by atoms with Crippen LogP contribution < -0.4 is 0 Å². The van der Waals surface area contributed by atoms with Crippen molar-refractivity contribution in [3.05, 3.63) is 33.9 Å². The zero-order valence-corrected chi connectivity index (χ0v) is 8.97. The predicted octanol–water partition coefficient (Wildman–Crippen LogP) is 4.26. The third kappa shape index (κ3) is 2.66. The van der Waals surface area contributed by atoms with Gasteiger partial charge in [-0.15, -0.1) is 0 Å². The molecule has 0 unspecified atom stereocenters. The third-order valence-electron chi connectivity index (χ3n) is 1.71. The van der Waals surface area contributed by atoms with Crippen molar-refractivity contribution in [2.24, 2.45) is 0 Å². The monoisotopic (exact) mass is 206 g/mol.